The minimum absolute atomic E-state index is 0.201. The molecule has 3 nitrogen and oxygen atoms in total. The number of unbranched alkanes of at least 4 members (excludes halogenated alkanes) is 2. The molecule has 0 fully saturated rings. The van der Waals surface area contributed by atoms with Gasteiger partial charge < -0.3 is 15.2 Å². The van der Waals surface area contributed by atoms with Crippen molar-refractivity contribution < 1.29 is 9.84 Å². The van der Waals surface area contributed by atoms with E-state index in [9.17, 15) is 5.11 Å². The van der Waals surface area contributed by atoms with Crippen molar-refractivity contribution in [1.82, 2.24) is 5.32 Å². The second kappa shape index (κ2) is 7.96. The highest BCUT2D eigenvalue weighted by Crippen LogP contribution is 2.26. The lowest BCUT2D eigenvalue weighted by molar-refractivity contribution is 0.373. The van der Waals surface area contributed by atoms with Crippen molar-refractivity contribution in [2.75, 3.05) is 20.2 Å². The van der Waals surface area contributed by atoms with Crippen LogP contribution in [0.5, 0.6) is 11.5 Å². The van der Waals surface area contributed by atoms with E-state index < -0.39 is 0 Å². The summed E-state index contributed by atoms with van der Waals surface area (Å²) in [5.74, 6) is 0.751. The molecular weight excluding hydrogens is 214 g/mol. The first-order valence-electron chi connectivity index (χ1n) is 6.34. The first-order chi connectivity index (χ1) is 8.27. The number of hydrogen-bond donors (Lipinski definition) is 2. The molecule has 0 aliphatic rings. The molecule has 0 unspecified atom stereocenters. The first-order valence-corrected chi connectivity index (χ1v) is 6.34. The molecule has 1 aromatic rings. The van der Waals surface area contributed by atoms with Gasteiger partial charge in [-0.3, -0.25) is 0 Å². The Balaban J connectivity index is 2.27. The van der Waals surface area contributed by atoms with Gasteiger partial charge in [-0.2, -0.15) is 0 Å². The van der Waals surface area contributed by atoms with E-state index in [0.717, 1.165) is 19.5 Å². The van der Waals surface area contributed by atoms with Crippen LogP contribution in [0.2, 0.25) is 0 Å². The molecule has 0 saturated heterocycles. The maximum atomic E-state index is 9.46. The Labute approximate surface area is 104 Å². The summed E-state index contributed by atoms with van der Waals surface area (Å²) in [7, 11) is 1.57. The van der Waals surface area contributed by atoms with Crippen molar-refractivity contribution in [3.8, 4) is 11.5 Å². The lowest BCUT2D eigenvalue weighted by atomic mass is 10.1. The van der Waals surface area contributed by atoms with Crippen LogP contribution in [0.25, 0.3) is 0 Å². The summed E-state index contributed by atoms with van der Waals surface area (Å²) in [6, 6.07) is 5.51. The van der Waals surface area contributed by atoms with Gasteiger partial charge in [0.15, 0.2) is 11.5 Å². The number of methoxy groups -OCH3 is 1. The average Bonchev–Trinajstić information content (AvgIpc) is 2.35. The van der Waals surface area contributed by atoms with Crippen LogP contribution in [0, 0.1) is 0 Å². The van der Waals surface area contributed by atoms with Gasteiger partial charge in [0, 0.05) is 0 Å². The molecule has 0 heterocycles. The highest BCUT2D eigenvalue weighted by Gasteiger charge is 2.02. The minimum Gasteiger partial charge on any atom is -0.504 e. The third-order valence-corrected chi connectivity index (χ3v) is 2.79. The van der Waals surface area contributed by atoms with Crippen LogP contribution in [0.3, 0.4) is 0 Å². The van der Waals surface area contributed by atoms with E-state index in [1.54, 1.807) is 13.2 Å². The molecule has 2 N–H and O–H groups in total. The number of nitrogens with one attached hydrogen (secondary N) is 1. The summed E-state index contributed by atoms with van der Waals surface area (Å²) >= 11 is 0. The Morgan fingerprint density at radius 2 is 2.06 bits per heavy atom. The van der Waals surface area contributed by atoms with E-state index in [-0.39, 0.29) is 5.75 Å². The lowest BCUT2D eigenvalue weighted by Gasteiger charge is -2.07. The number of phenols is 1. The third kappa shape index (κ3) is 5.09. The van der Waals surface area contributed by atoms with Crippen molar-refractivity contribution in [2.45, 2.75) is 32.6 Å². The predicted molar refractivity (Wildman–Crippen MR) is 70.8 cm³/mol. The summed E-state index contributed by atoms with van der Waals surface area (Å²) in [5, 5.41) is 12.9. The molecule has 0 saturated carbocycles. The van der Waals surface area contributed by atoms with Crippen molar-refractivity contribution in [3.63, 3.8) is 0 Å². The van der Waals surface area contributed by atoms with Crippen LogP contribution in [0.4, 0.5) is 0 Å². The minimum atomic E-state index is 0.201. The number of ether oxygens (including phenoxy) is 1. The number of phenolic OH excluding ortho intramolecular Hbond substituents is 1. The molecule has 96 valence electrons. The summed E-state index contributed by atoms with van der Waals surface area (Å²) in [6.07, 6.45) is 4.76. The fourth-order valence-corrected chi connectivity index (χ4v) is 1.74. The summed E-state index contributed by atoms with van der Waals surface area (Å²) < 4.78 is 5.07. The Kier molecular flexibility index (Phi) is 6.48. The SMILES string of the molecule is CCCCCNCCc1ccc(O)c(OC)c1. The maximum absolute atomic E-state index is 9.46. The summed E-state index contributed by atoms with van der Waals surface area (Å²) in [4.78, 5) is 0. The molecule has 0 aromatic heterocycles. The molecule has 1 rings (SSSR count). The quantitative estimate of drug-likeness (QED) is 0.683. The topological polar surface area (TPSA) is 41.5 Å². The Morgan fingerprint density at radius 3 is 2.76 bits per heavy atom. The number of rotatable bonds is 8. The van der Waals surface area contributed by atoms with Gasteiger partial charge in [0.1, 0.15) is 0 Å². The monoisotopic (exact) mass is 237 g/mol. The van der Waals surface area contributed by atoms with Crippen molar-refractivity contribution in [2.24, 2.45) is 0 Å². The van der Waals surface area contributed by atoms with Gasteiger partial charge in [0.25, 0.3) is 0 Å². The van der Waals surface area contributed by atoms with Gasteiger partial charge in [-0.25, -0.2) is 0 Å². The van der Waals surface area contributed by atoms with E-state index in [1.807, 2.05) is 12.1 Å². The number of benzene rings is 1. The molecule has 0 bridgehead atoms. The Morgan fingerprint density at radius 1 is 1.24 bits per heavy atom. The van der Waals surface area contributed by atoms with E-state index in [2.05, 4.69) is 12.2 Å². The molecule has 0 aliphatic carbocycles. The molecule has 3 heteroatoms. The van der Waals surface area contributed by atoms with Gasteiger partial charge in [-0.1, -0.05) is 25.8 Å². The summed E-state index contributed by atoms with van der Waals surface area (Å²) in [6.45, 7) is 4.27. The fourth-order valence-electron chi connectivity index (χ4n) is 1.74. The van der Waals surface area contributed by atoms with Crippen LogP contribution in [0.15, 0.2) is 18.2 Å². The highest BCUT2D eigenvalue weighted by molar-refractivity contribution is 5.41. The van der Waals surface area contributed by atoms with Crippen LogP contribution in [-0.2, 0) is 6.42 Å². The van der Waals surface area contributed by atoms with E-state index >= 15 is 0 Å². The van der Waals surface area contributed by atoms with Crippen LogP contribution in [0.1, 0.15) is 31.7 Å². The average molecular weight is 237 g/mol. The molecule has 0 atom stereocenters. The molecule has 0 aliphatic heterocycles. The van der Waals surface area contributed by atoms with E-state index in [4.69, 9.17) is 4.74 Å². The largest absolute Gasteiger partial charge is 0.504 e. The zero-order valence-electron chi connectivity index (χ0n) is 10.8. The Bertz CT molecular complexity index is 326. The van der Waals surface area contributed by atoms with Crippen molar-refractivity contribution >= 4 is 0 Å². The van der Waals surface area contributed by atoms with Gasteiger partial charge in [-0.15, -0.1) is 0 Å². The van der Waals surface area contributed by atoms with Crippen LogP contribution < -0.4 is 10.1 Å². The molecule has 17 heavy (non-hydrogen) atoms. The van der Waals surface area contributed by atoms with Gasteiger partial charge in [0.2, 0.25) is 0 Å². The predicted octanol–water partition coefficient (Wildman–Crippen LogP) is 2.72. The molecule has 1 aromatic carbocycles. The van der Waals surface area contributed by atoms with Crippen LogP contribution >= 0.6 is 0 Å². The van der Waals surface area contributed by atoms with E-state index in [1.165, 1.54) is 24.8 Å². The second-order valence-electron chi connectivity index (χ2n) is 4.21. The Hall–Kier alpha value is -1.22. The zero-order valence-corrected chi connectivity index (χ0v) is 10.8. The van der Waals surface area contributed by atoms with Crippen LogP contribution in [-0.4, -0.2) is 25.3 Å². The first kappa shape index (κ1) is 13.8. The van der Waals surface area contributed by atoms with Crippen molar-refractivity contribution in [1.29, 1.82) is 0 Å². The second-order valence-corrected chi connectivity index (χ2v) is 4.21. The normalized spacial score (nSPS) is 10.5. The summed E-state index contributed by atoms with van der Waals surface area (Å²) in [5.41, 5.74) is 1.18. The number of hydrogen-bond acceptors (Lipinski definition) is 3. The third-order valence-electron chi connectivity index (χ3n) is 2.79. The van der Waals surface area contributed by atoms with Gasteiger partial charge in [0.05, 0.1) is 7.11 Å². The van der Waals surface area contributed by atoms with E-state index in [0.29, 0.717) is 5.75 Å². The van der Waals surface area contributed by atoms with Gasteiger partial charge >= 0.3 is 0 Å². The highest BCUT2D eigenvalue weighted by atomic mass is 16.5. The molecule has 0 amide bonds. The maximum Gasteiger partial charge on any atom is 0.160 e. The van der Waals surface area contributed by atoms with Gasteiger partial charge in [-0.05, 0) is 43.6 Å². The molecule has 0 spiro atoms. The molecule has 0 radical (unpaired) electrons. The smallest absolute Gasteiger partial charge is 0.160 e. The fraction of sp³-hybridized carbons (Fsp3) is 0.571. The molecular formula is C14H23NO2. The standard InChI is InChI=1S/C14H23NO2/c1-3-4-5-9-15-10-8-12-6-7-13(16)14(11-12)17-2/h6-7,11,15-16H,3-5,8-10H2,1-2H3. The zero-order chi connectivity index (χ0) is 12.5. The van der Waals surface area contributed by atoms with Crippen molar-refractivity contribution in [3.05, 3.63) is 23.8 Å². The number of aromatic hydroxyl groups is 1. The lowest BCUT2D eigenvalue weighted by Crippen LogP contribution is -2.18.